The Morgan fingerprint density at radius 3 is 2.10 bits per heavy atom. The molecule has 0 saturated heterocycles. The molecule has 2 nitrogen and oxygen atoms in total. The normalized spacial score (nSPS) is 15.5. The van der Waals surface area contributed by atoms with Gasteiger partial charge in [-0.1, -0.05) is 42.1 Å². The van der Waals surface area contributed by atoms with Crippen LogP contribution in [0.4, 0.5) is 0 Å². The lowest BCUT2D eigenvalue weighted by Gasteiger charge is -2.11. The Kier molecular flexibility index (Phi) is 3.36. The fraction of sp³-hybridized carbons (Fsp3) is 0.118. The third-order valence-corrected chi connectivity index (χ3v) is 4.31. The molecule has 0 amide bonds. The number of benzene rings is 2. The predicted octanol–water partition coefficient (Wildman–Crippen LogP) is 3.94. The molecule has 2 aromatic carbocycles. The lowest BCUT2D eigenvalue weighted by atomic mass is 9.97. The molecule has 20 heavy (non-hydrogen) atoms. The van der Waals surface area contributed by atoms with Crippen LogP contribution >= 0.6 is 11.8 Å². The number of hydrogen-bond donors (Lipinski definition) is 0. The van der Waals surface area contributed by atoms with Gasteiger partial charge in [-0.25, -0.2) is 0 Å². The van der Waals surface area contributed by atoms with Gasteiger partial charge in [0.05, 0.1) is 0 Å². The summed E-state index contributed by atoms with van der Waals surface area (Å²) in [5, 5.41) is 0. The van der Waals surface area contributed by atoms with Crippen molar-refractivity contribution in [2.24, 2.45) is 0 Å². The van der Waals surface area contributed by atoms with E-state index in [-0.39, 0.29) is 5.78 Å². The smallest absolute Gasteiger partial charge is 0.196 e. The van der Waals surface area contributed by atoms with E-state index in [2.05, 4.69) is 6.07 Å². The van der Waals surface area contributed by atoms with Crippen molar-refractivity contribution in [1.29, 1.82) is 0 Å². The van der Waals surface area contributed by atoms with Gasteiger partial charge in [-0.15, -0.1) is 0 Å². The summed E-state index contributed by atoms with van der Waals surface area (Å²) in [6.07, 6.45) is 1.91. The Morgan fingerprint density at radius 2 is 1.45 bits per heavy atom. The molecule has 0 N–H and O–H groups in total. The van der Waals surface area contributed by atoms with Crippen molar-refractivity contribution in [2.75, 3.05) is 14.1 Å². The first kappa shape index (κ1) is 13.0. The molecular formula is C17H15NOS. The van der Waals surface area contributed by atoms with E-state index in [1.165, 1.54) is 0 Å². The van der Waals surface area contributed by atoms with Crippen LogP contribution in [0.25, 0.3) is 5.57 Å². The van der Waals surface area contributed by atoms with Crippen LogP contribution in [-0.4, -0.2) is 24.8 Å². The Labute approximate surface area is 123 Å². The molecule has 1 heterocycles. The van der Waals surface area contributed by atoms with Gasteiger partial charge in [0.1, 0.15) is 0 Å². The number of carbonyl (C=O) groups excluding carboxylic acids is 1. The third kappa shape index (κ3) is 2.25. The standard InChI is InChI=1S/C17H15NOS/c1-18(2)11-14-12-7-3-5-9-15(12)20-16-10-6-4-8-13(16)17(14)19/h3-11H,1-2H3/b14-11+. The van der Waals surface area contributed by atoms with Crippen LogP contribution in [0.1, 0.15) is 15.9 Å². The van der Waals surface area contributed by atoms with Crippen molar-refractivity contribution >= 4 is 23.1 Å². The second-order valence-electron chi connectivity index (χ2n) is 4.93. The number of nitrogens with zero attached hydrogens (tertiary/aromatic N) is 1. The van der Waals surface area contributed by atoms with Crippen LogP contribution in [0.15, 0.2) is 64.5 Å². The highest BCUT2D eigenvalue weighted by Crippen LogP contribution is 2.40. The molecular weight excluding hydrogens is 266 g/mol. The molecule has 0 bridgehead atoms. The van der Waals surface area contributed by atoms with Gasteiger partial charge in [0, 0.05) is 46.8 Å². The lowest BCUT2D eigenvalue weighted by Crippen LogP contribution is -2.09. The zero-order valence-corrected chi connectivity index (χ0v) is 12.3. The number of rotatable bonds is 1. The summed E-state index contributed by atoms with van der Waals surface area (Å²) in [5.41, 5.74) is 2.54. The molecule has 3 heteroatoms. The van der Waals surface area contributed by atoms with Gasteiger partial charge in [0.25, 0.3) is 0 Å². The average Bonchev–Trinajstić information content (AvgIpc) is 2.55. The number of Topliss-reactive ketones (excluding diaryl/α,β-unsaturated/α-hetero) is 1. The number of ketones is 1. The maximum Gasteiger partial charge on any atom is 0.196 e. The Morgan fingerprint density at radius 1 is 0.900 bits per heavy atom. The Hall–Kier alpha value is -2.00. The van der Waals surface area contributed by atoms with Crippen molar-refractivity contribution in [3.05, 3.63) is 65.9 Å². The second-order valence-corrected chi connectivity index (χ2v) is 6.01. The summed E-state index contributed by atoms with van der Waals surface area (Å²) in [7, 11) is 3.87. The summed E-state index contributed by atoms with van der Waals surface area (Å²) in [5.74, 6) is 0.0896. The van der Waals surface area contributed by atoms with E-state index in [9.17, 15) is 4.79 Å². The highest BCUT2D eigenvalue weighted by Gasteiger charge is 2.24. The van der Waals surface area contributed by atoms with Gasteiger partial charge in [-0.2, -0.15) is 0 Å². The molecule has 2 aromatic rings. The van der Waals surface area contributed by atoms with Gasteiger partial charge in [-0.3, -0.25) is 4.79 Å². The number of hydrogen-bond acceptors (Lipinski definition) is 3. The van der Waals surface area contributed by atoms with E-state index in [4.69, 9.17) is 0 Å². The monoisotopic (exact) mass is 281 g/mol. The molecule has 0 atom stereocenters. The molecule has 0 aromatic heterocycles. The van der Waals surface area contributed by atoms with Gasteiger partial charge in [-0.05, 0) is 18.2 Å². The Bertz CT molecular complexity index is 704. The van der Waals surface area contributed by atoms with Crippen LogP contribution in [0.3, 0.4) is 0 Å². The number of fused-ring (bicyclic) bond motifs is 2. The van der Waals surface area contributed by atoms with Crippen LogP contribution in [-0.2, 0) is 0 Å². The van der Waals surface area contributed by atoms with E-state index in [1.807, 2.05) is 67.7 Å². The average molecular weight is 281 g/mol. The van der Waals surface area contributed by atoms with Crippen molar-refractivity contribution in [3.63, 3.8) is 0 Å². The number of carbonyl (C=O) groups is 1. The summed E-state index contributed by atoms with van der Waals surface area (Å²) in [4.78, 5) is 16.9. The first-order valence-electron chi connectivity index (χ1n) is 6.46. The molecule has 3 rings (SSSR count). The highest BCUT2D eigenvalue weighted by atomic mass is 32.2. The largest absolute Gasteiger partial charge is 0.383 e. The highest BCUT2D eigenvalue weighted by molar-refractivity contribution is 7.99. The van der Waals surface area contributed by atoms with E-state index < -0.39 is 0 Å². The molecule has 0 unspecified atom stereocenters. The topological polar surface area (TPSA) is 20.3 Å². The molecule has 1 aliphatic heterocycles. The van der Waals surface area contributed by atoms with Crippen LogP contribution < -0.4 is 0 Å². The maximum absolute atomic E-state index is 12.8. The van der Waals surface area contributed by atoms with E-state index >= 15 is 0 Å². The van der Waals surface area contributed by atoms with E-state index in [0.29, 0.717) is 0 Å². The number of allylic oxidation sites excluding steroid dienone is 1. The third-order valence-electron chi connectivity index (χ3n) is 3.16. The van der Waals surface area contributed by atoms with Gasteiger partial charge in [0.15, 0.2) is 5.78 Å². The first-order valence-corrected chi connectivity index (χ1v) is 7.27. The van der Waals surface area contributed by atoms with Crippen molar-refractivity contribution in [3.8, 4) is 0 Å². The molecule has 0 radical (unpaired) electrons. The predicted molar refractivity (Wildman–Crippen MR) is 83.0 cm³/mol. The summed E-state index contributed by atoms with van der Waals surface area (Å²) in [6.45, 7) is 0. The fourth-order valence-corrected chi connectivity index (χ4v) is 3.38. The van der Waals surface area contributed by atoms with Gasteiger partial charge < -0.3 is 4.90 Å². The van der Waals surface area contributed by atoms with Crippen molar-refractivity contribution in [1.82, 2.24) is 4.90 Å². The molecule has 100 valence electrons. The van der Waals surface area contributed by atoms with E-state index in [1.54, 1.807) is 11.8 Å². The molecule has 0 aliphatic carbocycles. The summed E-state index contributed by atoms with van der Waals surface area (Å²) >= 11 is 1.66. The van der Waals surface area contributed by atoms with Crippen molar-refractivity contribution in [2.45, 2.75) is 9.79 Å². The second kappa shape index (κ2) is 5.17. The molecule has 0 fully saturated rings. The van der Waals surface area contributed by atoms with Crippen LogP contribution in [0, 0.1) is 0 Å². The SMILES string of the molecule is CN(C)/C=C1/C(=O)c2ccccc2Sc2ccccc21. The Balaban J connectivity index is 2.27. The van der Waals surface area contributed by atoms with Gasteiger partial charge >= 0.3 is 0 Å². The van der Waals surface area contributed by atoms with Gasteiger partial charge in [0.2, 0.25) is 0 Å². The molecule has 0 saturated carbocycles. The lowest BCUT2D eigenvalue weighted by molar-refractivity contribution is 0.105. The minimum atomic E-state index is 0.0896. The quantitative estimate of drug-likeness (QED) is 0.739. The van der Waals surface area contributed by atoms with Crippen molar-refractivity contribution < 1.29 is 4.79 Å². The fourth-order valence-electron chi connectivity index (χ4n) is 2.29. The zero-order valence-electron chi connectivity index (χ0n) is 11.5. The summed E-state index contributed by atoms with van der Waals surface area (Å²) < 4.78 is 0. The molecule has 1 aliphatic rings. The zero-order chi connectivity index (χ0) is 14.1. The van der Waals surface area contributed by atoms with E-state index in [0.717, 1.165) is 26.5 Å². The van der Waals surface area contributed by atoms with Crippen LogP contribution in [0.5, 0.6) is 0 Å². The summed E-state index contributed by atoms with van der Waals surface area (Å²) in [6, 6.07) is 15.9. The minimum Gasteiger partial charge on any atom is -0.383 e. The first-order chi connectivity index (χ1) is 9.66. The van der Waals surface area contributed by atoms with Crippen LogP contribution in [0.2, 0.25) is 0 Å². The maximum atomic E-state index is 12.8. The molecule has 0 spiro atoms. The minimum absolute atomic E-state index is 0.0896.